The Balaban J connectivity index is 4.69. The summed E-state index contributed by atoms with van der Waals surface area (Å²) in [6.07, 6.45) is 14.9. The van der Waals surface area contributed by atoms with Gasteiger partial charge < -0.3 is 19.8 Å². The molecule has 0 spiro atoms. The van der Waals surface area contributed by atoms with Crippen molar-refractivity contribution in [1.29, 1.82) is 0 Å². The van der Waals surface area contributed by atoms with Crippen molar-refractivity contribution >= 4 is 13.7 Å². The Bertz CT molecular complexity index is 594. The normalized spacial score (nSPS) is 15.9. The van der Waals surface area contributed by atoms with Crippen LogP contribution in [0.1, 0.15) is 90.9 Å². The Labute approximate surface area is 208 Å². The number of phosphoric acid groups is 1. The minimum Gasteiger partial charge on any atom is -0.387 e. The molecule has 0 aliphatic heterocycles. The molecular formula is C25H52N2O6P+. The summed E-state index contributed by atoms with van der Waals surface area (Å²) < 4.78 is 23.0. The molecule has 0 aromatic heterocycles. The maximum atomic E-state index is 12.3. The van der Waals surface area contributed by atoms with Crippen LogP contribution < -0.4 is 5.32 Å². The Hall–Kier alpha value is -0.760. The number of carbonyl (C=O) groups is 1. The fraction of sp³-hybridized carbons (Fsp3) is 0.880. The first-order valence-electron chi connectivity index (χ1n) is 13.1. The van der Waals surface area contributed by atoms with Gasteiger partial charge >= 0.3 is 7.82 Å². The average Bonchev–Trinajstić information content (AvgIpc) is 2.74. The molecule has 3 N–H and O–H groups in total. The van der Waals surface area contributed by atoms with Crippen LogP contribution in [0.4, 0.5) is 0 Å². The summed E-state index contributed by atoms with van der Waals surface area (Å²) in [4.78, 5) is 22.3. The molecule has 202 valence electrons. The van der Waals surface area contributed by atoms with Gasteiger partial charge in [0, 0.05) is 6.42 Å². The minimum absolute atomic E-state index is 0.0617. The van der Waals surface area contributed by atoms with Crippen molar-refractivity contribution in [2.75, 3.05) is 40.9 Å². The SMILES string of the molecule is CCCCCCCCC/C=C/C(O)C(COP(=O)(O)OCC[N+](C)(C)C)NC(=O)CCCCC. The second kappa shape index (κ2) is 19.4. The molecule has 0 saturated carbocycles. The molecule has 0 radical (unpaired) electrons. The number of quaternary nitrogens is 1. The standard InChI is InChI=1S/C25H51N2O6P/c1-6-8-10-11-12-13-14-15-17-18-24(28)23(26-25(29)19-16-9-7-2)22-33-34(30,31)32-21-20-27(3,4)5/h17-18,23-24,28H,6-16,19-22H2,1-5H3,(H-,26,29,30,31)/p+1/b18-17+. The summed E-state index contributed by atoms with van der Waals surface area (Å²) in [5, 5.41) is 13.4. The zero-order valence-electron chi connectivity index (χ0n) is 22.3. The highest BCUT2D eigenvalue weighted by Crippen LogP contribution is 2.43. The van der Waals surface area contributed by atoms with Crippen LogP contribution in [-0.4, -0.2) is 73.4 Å². The van der Waals surface area contributed by atoms with Crippen molar-refractivity contribution in [1.82, 2.24) is 5.32 Å². The topological polar surface area (TPSA) is 105 Å². The van der Waals surface area contributed by atoms with Gasteiger partial charge in [-0.25, -0.2) is 4.57 Å². The van der Waals surface area contributed by atoms with Crippen LogP contribution in [0.2, 0.25) is 0 Å². The van der Waals surface area contributed by atoms with Crippen molar-refractivity contribution in [3.63, 3.8) is 0 Å². The summed E-state index contributed by atoms with van der Waals surface area (Å²) in [6.45, 7) is 4.55. The number of nitrogens with zero attached hydrogens (tertiary/aromatic N) is 1. The highest BCUT2D eigenvalue weighted by molar-refractivity contribution is 7.47. The van der Waals surface area contributed by atoms with E-state index in [9.17, 15) is 19.4 Å². The first-order chi connectivity index (χ1) is 16.0. The zero-order valence-corrected chi connectivity index (χ0v) is 23.2. The number of amides is 1. The van der Waals surface area contributed by atoms with Crippen molar-refractivity contribution < 1.29 is 32.9 Å². The average molecular weight is 508 g/mol. The monoisotopic (exact) mass is 507 g/mol. The molecule has 0 aliphatic carbocycles. The third kappa shape index (κ3) is 20.6. The molecule has 0 rings (SSSR count). The summed E-state index contributed by atoms with van der Waals surface area (Å²) in [5.41, 5.74) is 0. The number of nitrogens with one attached hydrogen (secondary N) is 1. The third-order valence-corrected chi connectivity index (χ3v) is 6.49. The first-order valence-corrected chi connectivity index (χ1v) is 14.6. The van der Waals surface area contributed by atoms with Gasteiger partial charge in [0.05, 0.1) is 39.9 Å². The zero-order chi connectivity index (χ0) is 25.9. The van der Waals surface area contributed by atoms with Crippen molar-refractivity contribution in [3.8, 4) is 0 Å². The van der Waals surface area contributed by atoms with E-state index >= 15 is 0 Å². The van der Waals surface area contributed by atoms with Crippen LogP contribution in [0, 0.1) is 0 Å². The van der Waals surface area contributed by atoms with Crippen LogP contribution in [0.5, 0.6) is 0 Å². The maximum Gasteiger partial charge on any atom is 0.472 e. The quantitative estimate of drug-likeness (QED) is 0.0829. The Morgan fingerprint density at radius 3 is 2.18 bits per heavy atom. The molecule has 9 heteroatoms. The van der Waals surface area contributed by atoms with Crippen LogP contribution in [0.25, 0.3) is 0 Å². The fourth-order valence-corrected chi connectivity index (χ4v) is 4.01. The van der Waals surface area contributed by atoms with Gasteiger partial charge in [-0.1, -0.05) is 77.4 Å². The highest BCUT2D eigenvalue weighted by Gasteiger charge is 2.27. The molecule has 8 nitrogen and oxygen atoms in total. The molecule has 0 fully saturated rings. The van der Waals surface area contributed by atoms with Crippen molar-refractivity contribution in [2.45, 2.75) is 103 Å². The van der Waals surface area contributed by atoms with Gasteiger partial charge in [-0.2, -0.15) is 0 Å². The van der Waals surface area contributed by atoms with Gasteiger partial charge in [0.15, 0.2) is 0 Å². The number of phosphoric ester groups is 1. The molecule has 0 aromatic carbocycles. The number of aliphatic hydroxyl groups excluding tert-OH is 1. The molecule has 3 unspecified atom stereocenters. The van der Waals surface area contributed by atoms with E-state index in [4.69, 9.17) is 9.05 Å². The molecule has 1 amide bonds. The van der Waals surface area contributed by atoms with E-state index in [0.29, 0.717) is 17.4 Å². The third-order valence-electron chi connectivity index (χ3n) is 5.51. The maximum absolute atomic E-state index is 12.3. The number of likely N-dealkylation sites (N-methyl/N-ethyl adjacent to an activating group) is 1. The molecule has 0 aromatic rings. The number of hydrogen-bond acceptors (Lipinski definition) is 5. The van der Waals surface area contributed by atoms with E-state index in [-0.39, 0.29) is 19.1 Å². The number of rotatable bonds is 22. The van der Waals surface area contributed by atoms with Gasteiger partial charge in [0.2, 0.25) is 5.91 Å². The lowest BCUT2D eigenvalue weighted by Gasteiger charge is -2.25. The summed E-state index contributed by atoms with van der Waals surface area (Å²) in [5.74, 6) is -0.208. The number of allylic oxidation sites excluding steroid dienone is 1. The van der Waals surface area contributed by atoms with Gasteiger partial charge in [0.1, 0.15) is 13.2 Å². The number of carbonyl (C=O) groups excluding carboxylic acids is 1. The van der Waals surface area contributed by atoms with E-state index in [2.05, 4.69) is 19.2 Å². The fourth-order valence-electron chi connectivity index (χ4n) is 3.27. The van der Waals surface area contributed by atoms with Crippen molar-refractivity contribution in [3.05, 3.63) is 12.2 Å². The molecular weight excluding hydrogens is 455 g/mol. The summed E-state index contributed by atoms with van der Waals surface area (Å²) >= 11 is 0. The van der Waals surface area contributed by atoms with E-state index in [1.165, 1.54) is 32.1 Å². The predicted octanol–water partition coefficient (Wildman–Crippen LogP) is 4.95. The van der Waals surface area contributed by atoms with Gasteiger partial charge in [0.25, 0.3) is 0 Å². The lowest BCUT2D eigenvalue weighted by atomic mass is 10.1. The van der Waals surface area contributed by atoms with E-state index < -0.39 is 20.0 Å². The largest absolute Gasteiger partial charge is 0.472 e. The smallest absolute Gasteiger partial charge is 0.387 e. The van der Waals surface area contributed by atoms with E-state index in [1.807, 2.05) is 27.2 Å². The summed E-state index contributed by atoms with van der Waals surface area (Å²) in [6, 6.07) is -0.832. The Kier molecular flexibility index (Phi) is 19.0. The molecule has 34 heavy (non-hydrogen) atoms. The van der Waals surface area contributed by atoms with Gasteiger partial charge in [-0.05, 0) is 19.3 Å². The number of hydrogen-bond donors (Lipinski definition) is 3. The molecule has 3 atom stereocenters. The Morgan fingerprint density at radius 2 is 1.56 bits per heavy atom. The first kappa shape index (κ1) is 33.2. The van der Waals surface area contributed by atoms with Gasteiger partial charge in [-0.3, -0.25) is 13.8 Å². The second-order valence-electron chi connectivity index (χ2n) is 10.1. The highest BCUT2D eigenvalue weighted by atomic mass is 31.2. The van der Waals surface area contributed by atoms with Crippen LogP contribution >= 0.6 is 7.82 Å². The number of aliphatic hydroxyl groups is 1. The Morgan fingerprint density at radius 1 is 0.971 bits per heavy atom. The molecule has 0 aliphatic rings. The van der Waals surface area contributed by atoms with Crippen LogP contribution in [-0.2, 0) is 18.4 Å². The van der Waals surface area contributed by atoms with Crippen LogP contribution in [0.15, 0.2) is 12.2 Å². The number of unbranched alkanes of at least 4 members (excludes halogenated alkanes) is 9. The minimum atomic E-state index is -4.29. The molecule has 0 saturated heterocycles. The van der Waals surface area contributed by atoms with Crippen LogP contribution in [0.3, 0.4) is 0 Å². The van der Waals surface area contributed by atoms with Gasteiger partial charge in [-0.15, -0.1) is 0 Å². The van der Waals surface area contributed by atoms with E-state index in [0.717, 1.165) is 38.5 Å². The molecule has 0 bridgehead atoms. The predicted molar refractivity (Wildman–Crippen MR) is 138 cm³/mol. The van der Waals surface area contributed by atoms with Crippen molar-refractivity contribution in [2.24, 2.45) is 0 Å². The lowest BCUT2D eigenvalue weighted by Crippen LogP contribution is -2.45. The molecule has 0 heterocycles. The lowest BCUT2D eigenvalue weighted by molar-refractivity contribution is -0.870. The van der Waals surface area contributed by atoms with E-state index in [1.54, 1.807) is 6.08 Å². The summed E-state index contributed by atoms with van der Waals surface area (Å²) in [7, 11) is 1.56. The second-order valence-corrected chi connectivity index (χ2v) is 11.5.